The molecule has 700 valence electrons. The molecule has 0 aromatic carbocycles. The number of nitrogens with zero attached hydrogens (tertiary/aromatic N) is 4. The fraction of sp³-hybridized carbons (Fsp3) is 0.759. The first-order valence-electron chi connectivity index (χ1n) is 41.7. The zero-order valence-electron chi connectivity index (χ0n) is 71.7. The molecule has 0 aromatic rings. The van der Waals surface area contributed by atoms with Gasteiger partial charge in [0.25, 0.3) is 0 Å². The van der Waals surface area contributed by atoms with E-state index in [0.717, 1.165) is 32.6 Å². The molecule has 1 saturated heterocycles. The van der Waals surface area contributed by atoms with E-state index in [9.17, 15) is 107 Å². The monoisotopic (exact) mass is 1880 g/mol. The Morgan fingerprint density at radius 3 is 1.20 bits per heavy atom. The van der Waals surface area contributed by atoms with E-state index in [1.165, 1.54) is 85.2 Å². The number of nitrogens with one attached hydrogen (secondary N) is 11. The van der Waals surface area contributed by atoms with Crippen molar-refractivity contribution in [2.75, 3.05) is 105 Å². The van der Waals surface area contributed by atoms with Crippen LogP contribution in [0.4, 0.5) is 0 Å². The molecule has 1 aliphatic heterocycles. The molecule has 0 bridgehead atoms. The summed E-state index contributed by atoms with van der Waals surface area (Å²) in [5, 5.41) is 93.1. The van der Waals surface area contributed by atoms with Gasteiger partial charge in [0.2, 0.25) is 65.0 Å². The molecular formula is C79H133GdN15O27-6. The zero-order valence-corrected chi connectivity index (χ0v) is 74.0. The summed E-state index contributed by atoms with van der Waals surface area (Å²) in [5.74, 6) is -18.0. The number of carbonyl (C=O) groups is 17. The van der Waals surface area contributed by atoms with Gasteiger partial charge in [0, 0.05) is 149 Å². The molecule has 0 spiro atoms. The Labute approximate surface area is 746 Å². The fourth-order valence-electron chi connectivity index (χ4n) is 12.3. The molecule has 9 atom stereocenters. The van der Waals surface area contributed by atoms with Gasteiger partial charge in [-0.3, -0.25) is 72.7 Å². The van der Waals surface area contributed by atoms with Crippen molar-refractivity contribution in [2.24, 2.45) is 5.92 Å². The quantitative estimate of drug-likeness (QED) is 0.0117. The molecule has 0 aromatic heterocycles. The van der Waals surface area contributed by atoms with Gasteiger partial charge in [-0.05, 0) is 117 Å². The molecule has 11 amide bonds. The largest absolute Gasteiger partial charge is 0.642 e. The van der Waals surface area contributed by atoms with Crippen molar-refractivity contribution in [3.8, 4) is 0 Å². The Kier molecular flexibility index (Phi) is 67.6. The van der Waals surface area contributed by atoms with E-state index in [4.69, 9.17) is 19.5 Å². The van der Waals surface area contributed by atoms with Crippen LogP contribution in [-0.4, -0.2) is 297 Å². The van der Waals surface area contributed by atoms with Crippen molar-refractivity contribution in [3.63, 3.8) is 0 Å². The predicted molar refractivity (Wildman–Crippen MR) is 427 cm³/mol. The summed E-state index contributed by atoms with van der Waals surface area (Å²) in [7, 11) is 0. The first-order chi connectivity index (χ1) is 57.6. The van der Waals surface area contributed by atoms with Crippen molar-refractivity contribution < 1.29 is 171 Å². The van der Waals surface area contributed by atoms with Gasteiger partial charge >= 0.3 is 0 Å². The average molecular weight is 1880 g/mol. The number of carbonyl (C=O) groups excluding carboxylic acids is 18. The number of aliphatic hydroxyl groups excluding tert-OH is 1. The van der Waals surface area contributed by atoms with Crippen molar-refractivity contribution in [3.05, 3.63) is 6.61 Å². The number of Topliss-reactive ketones (excluding diaryl/α,β-unsaturated/α-hetero) is 1. The standard InChI is InChI=1S/C78H135N15O26.CH2O.Gd/c1-8-9-10-11-12-13-14-15-16-17-18-19-20-26-63(97)89-69(53(2)3)78(115)83-56(6)71(108)81-55(5)70(107)82-57(7)72(109)84-59(27-31-65(99)100)74(111)86-61(29-33-67(103)104)76(113)88-62(30-34-68(105)106)77(114)87-60(28-32-66(101)102)75(112)85-58(73(110)80-36-47-117-46-23-24-54(4)96)25-21-22-35-79-64(98)49-91-39-42-92(50-94)41-37-90(45-48-119-116)38-43-93(44-40-91)51-118-52-95;1-2;/h48,53,55-62,69,94,116H,8-47,49-51H2,1-7H3,(H,79,98)(H,80,110)(H,81,108)(H,82,107)(H,83,115)(H,84,109)(H,85,112)(H,86,111)(H,87,114)(H,88,113)(H,89,97)(H,99,100)(H,101,102)(H,103,104)(H,105,106);1H2;/q-2;;/p-4/t55-,56-,57-,58-,59-,60-,61-,62-,69-;;/m0../s1. The van der Waals surface area contributed by atoms with Crippen molar-refractivity contribution in [2.45, 2.75) is 276 Å². The normalized spacial score (nSPS) is 15.1. The summed E-state index contributed by atoms with van der Waals surface area (Å²) in [6, 6.07) is -14.6. The van der Waals surface area contributed by atoms with Crippen LogP contribution in [0.25, 0.3) is 0 Å². The minimum Gasteiger partial charge on any atom is -0.642 e. The SMILES string of the molecule is C=O.CCCCCCCCCCCCCCCC(=O)N[C@H](C(=O)N[C@@H](C)C(=O)N[C@@H](C)C(=O)N[C@@H](C)C(=O)N[C@@H](CCC(=O)[O-])C(=O)N[C@@H](CCC(=O)[O-])C(=O)N[C@@H](CCC(=O)[O-])C(=O)N[C@@H](CCC(=O)[O-])C(=O)N[C@@H](CCCCNC(=O)CN1CCN(CO)CCN(C[CH-]OO)CCN(CO[C-]=O)CC1)C(=O)NCCOCCCC(C)=O)C(C)C.[Gd]. The number of rotatable bonds is 66. The second-order valence-corrected chi connectivity index (χ2v) is 30.1. The van der Waals surface area contributed by atoms with Crippen LogP contribution in [0.2, 0.25) is 0 Å². The number of unbranched alkanes of at least 4 members (excludes halogenated alkanes) is 13. The molecule has 122 heavy (non-hydrogen) atoms. The summed E-state index contributed by atoms with van der Waals surface area (Å²) in [6.07, 6.45) is 8.63. The molecule has 1 fully saturated rings. The van der Waals surface area contributed by atoms with Crippen LogP contribution in [0.3, 0.4) is 0 Å². The Hall–Kier alpha value is -8.14. The van der Waals surface area contributed by atoms with Crippen LogP contribution in [-0.2, 0) is 101 Å². The van der Waals surface area contributed by atoms with E-state index in [-0.39, 0.29) is 143 Å². The average Bonchev–Trinajstić information content (AvgIpc) is 0.861. The number of carboxylic acid groups (broad SMARTS) is 4. The maximum absolute atomic E-state index is 14.3. The van der Waals surface area contributed by atoms with Crippen molar-refractivity contribution in [1.82, 2.24) is 78.1 Å². The zero-order chi connectivity index (χ0) is 91.0. The maximum atomic E-state index is 14.3. The van der Waals surface area contributed by atoms with Gasteiger partial charge in [0.05, 0.1) is 19.9 Å². The smallest absolute Gasteiger partial charge is 0.243 e. The van der Waals surface area contributed by atoms with Crippen molar-refractivity contribution in [1.29, 1.82) is 0 Å². The number of hydrogen-bond donors (Lipinski definition) is 13. The minimum atomic E-state index is -2.04. The van der Waals surface area contributed by atoms with Gasteiger partial charge in [-0.1, -0.05) is 104 Å². The first-order valence-corrected chi connectivity index (χ1v) is 41.7. The molecule has 1 rings (SSSR count). The third kappa shape index (κ3) is 57.3. The summed E-state index contributed by atoms with van der Waals surface area (Å²) >= 11 is 0. The Morgan fingerprint density at radius 1 is 0.418 bits per heavy atom. The van der Waals surface area contributed by atoms with E-state index in [1.807, 2.05) is 21.5 Å². The summed E-state index contributed by atoms with van der Waals surface area (Å²) < 4.78 is 10.4. The molecule has 0 radical (unpaired) electrons. The number of ether oxygens (including phenoxy) is 2. The summed E-state index contributed by atoms with van der Waals surface area (Å²) in [4.78, 5) is 240. The van der Waals surface area contributed by atoms with E-state index in [1.54, 1.807) is 18.7 Å². The third-order valence-corrected chi connectivity index (χ3v) is 19.6. The van der Waals surface area contributed by atoms with Gasteiger partial charge in [-0.25, -0.2) is 0 Å². The summed E-state index contributed by atoms with van der Waals surface area (Å²) in [6.45, 7) is 18.1. The fourth-order valence-corrected chi connectivity index (χ4v) is 12.3. The van der Waals surface area contributed by atoms with Gasteiger partial charge < -0.3 is 137 Å². The molecule has 0 unspecified atom stereocenters. The van der Waals surface area contributed by atoms with E-state index in [0.29, 0.717) is 65.2 Å². The Balaban J connectivity index is 0. The second-order valence-electron chi connectivity index (χ2n) is 30.1. The predicted octanol–water partition coefficient (Wildman–Crippen LogP) is -5.87. The van der Waals surface area contributed by atoms with Crippen LogP contribution in [0.5, 0.6) is 0 Å². The van der Waals surface area contributed by atoms with Crippen LogP contribution < -0.4 is 78.9 Å². The maximum Gasteiger partial charge on any atom is 0.243 e. The van der Waals surface area contributed by atoms with E-state index < -0.39 is 189 Å². The van der Waals surface area contributed by atoms with E-state index >= 15 is 0 Å². The van der Waals surface area contributed by atoms with E-state index in [2.05, 4.69) is 70.3 Å². The molecular weight excluding hydrogens is 1750 g/mol. The van der Waals surface area contributed by atoms with Crippen LogP contribution >= 0.6 is 0 Å². The number of aliphatic hydroxyl groups is 1. The number of carboxylic acids is 4. The first kappa shape index (κ1) is 116. The van der Waals surface area contributed by atoms with Crippen LogP contribution in [0, 0.1) is 52.5 Å². The number of amides is 11. The van der Waals surface area contributed by atoms with Crippen LogP contribution in [0.1, 0.15) is 222 Å². The topological polar surface area (TPSA) is 613 Å². The third-order valence-electron chi connectivity index (χ3n) is 19.6. The molecule has 0 saturated carbocycles. The number of hydrogen-bond acceptors (Lipinski definition) is 31. The Bertz CT molecular complexity index is 3150. The molecule has 1 aliphatic rings. The molecule has 43 heteroatoms. The molecule has 1 heterocycles. The van der Waals surface area contributed by atoms with Crippen LogP contribution in [0.15, 0.2) is 0 Å². The summed E-state index contributed by atoms with van der Waals surface area (Å²) in [5.41, 5.74) is 0. The minimum absolute atomic E-state index is 0. The Morgan fingerprint density at radius 2 is 0.803 bits per heavy atom. The second kappa shape index (κ2) is 71.2. The molecule has 13 N–H and O–H groups in total. The van der Waals surface area contributed by atoms with Gasteiger partial charge in [-0.2, -0.15) is 6.61 Å². The number of aliphatic carboxylic acids is 4. The van der Waals surface area contributed by atoms with Gasteiger partial charge in [0.1, 0.15) is 73.7 Å². The van der Waals surface area contributed by atoms with Gasteiger partial charge in [-0.15, -0.1) is 6.54 Å². The molecule has 42 nitrogen and oxygen atoms in total. The van der Waals surface area contributed by atoms with Gasteiger partial charge in [0.15, 0.2) is 0 Å². The van der Waals surface area contributed by atoms with Crippen molar-refractivity contribution >= 4 is 108 Å². The number of ketones is 1. The molecule has 0 aliphatic carbocycles.